The van der Waals surface area contributed by atoms with Crippen molar-refractivity contribution < 1.29 is 32.6 Å². The quantitative estimate of drug-likeness (QED) is 0.772. The maximum atomic E-state index is 12.7. The second kappa shape index (κ2) is 6.98. The number of nitrogens with zero attached hydrogens (tertiary/aromatic N) is 1. The Morgan fingerprint density at radius 2 is 1.93 bits per heavy atom. The van der Waals surface area contributed by atoms with Crippen LogP contribution in [0.3, 0.4) is 0 Å². The van der Waals surface area contributed by atoms with Crippen LogP contribution in [-0.2, 0) is 4.74 Å². The first-order chi connectivity index (χ1) is 12.6. The summed E-state index contributed by atoms with van der Waals surface area (Å²) in [7, 11) is 0. The Morgan fingerprint density at radius 1 is 1.26 bits per heavy atom. The molecule has 8 heteroatoms. The van der Waals surface area contributed by atoms with Crippen LogP contribution >= 0.6 is 0 Å². The summed E-state index contributed by atoms with van der Waals surface area (Å²) in [6, 6.07) is 4.42. The number of fused-ring (bicyclic) bond motifs is 1. The maximum absolute atomic E-state index is 12.7. The van der Waals surface area contributed by atoms with Gasteiger partial charge in [-0.05, 0) is 32.9 Å². The Morgan fingerprint density at radius 3 is 2.52 bits per heavy atom. The van der Waals surface area contributed by atoms with Crippen LogP contribution < -0.4 is 9.47 Å². The first kappa shape index (κ1) is 19.4. The third-order valence-electron chi connectivity index (χ3n) is 4.62. The van der Waals surface area contributed by atoms with Gasteiger partial charge in [-0.15, -0.1) is 0 Å². The molecule has 0 radical (unpaired) electrons. The number of hydrogen-bond acceptors (Lipinski definition) is 5. The summed E-state index contributed by atoms with van der Waals surface area (Å²) in [4.78, 5) is 26.5. The largest absolute Gasteiger partial charge is 0.486 e. The van der Waals surface area contributed by atoms with E-state index in [-0.39, 0.29) is 29.3 Å². The molecule has 27 heavy (non-hydrogen) atoms. The van der Waals surface area contributed by atoms with E-state index >= 15 is 0 Å². The smallest absolute Gasteiger partial charge is 0.410 e. The Balaban J connectivity index is 1.72. The Labute approximate surface area is 156 Å². The highest BCUT2D eigenvalue weighted by atomic mass is 19.3. The minimum Gasteiger partial charge on any atom is -0.486 e. The molecule has 0 N–H and O–H groups in total. The van der Waals surface area contributed by atoms with Crippen molar-refractivity contribution >= 4 is 11.9 Å². The zero-order valence-corrected chi connectivity index (χ0v) is 15.6. The lowest BCUT2D eigenvalue weighted by Gasteiger charge is -2.44. The zero-order valence-electron chi connectivity index (χ0n) is 15.6. The van der Waals surface area contributed by atoms with Crippen LogP contribution in [-0.4, -0.2) is 47.7 Å². The van der Waals surface area contributed by atoms with E-state index in [0.29, 0.717) is 25.9 Å². The van der Waals surface area contributed by atoms with Gasteiger partial charge in [-0.1, -0.05) is 6.07 Å². The first-order valence-electron chi connectivity index (χ1n) is 8.87. The molecule has 1 spiro atoms. The van der Waals surface area contributed by atoms with Gasteiger partial charge < -0.3 is 19.1 Å². The minimum absolute atomic E-state index is 0.0537. The summed E-state index contributed by atoms with van der Waals surface area (Å²) >= 11 is 0. The van der Waals surface area contributed by atoms with Gasteiger partial charge in [-0.2, -0.15) is 8.78 Å². The number of likely N-dealkylation sites (tertiary alicyclic amines) is 1. The number of alkyl halides is 2. The third-order valence-corrected chi connectivity index (χ3v) is 4.62. The highest BCUT2D eigenvalue weighted by Gasteiger charge is 2.45. The molecule has 0 aromatic heterocycles. The second-order valence-electron chi connectivity index (χ2n) is 7.86. The van der Waals surface area contributed by atoms with Crippen molar-refractivity contribution in [3.8, 4) is 11.5 Å². The van der Waals surface area contributed by atoms with Gasteiger partial charge in [0.15, 0.2) is 5.78 Å². The number of hydrogen-bond donors (Lipinski definition) is 0. The SMILES string of the molecule is CC(C)(C)OC(=O)N1CCC2(CC1)CC(=O)c1c(OC(F)F)cccc1O2. The molecule has 0 bridgehead atoms. The standard InChI is InChI=1S/C19H23F2NO5/c1-18(2,3)27-17(24)22-9-7-19(8-10-22)11-12(23)15-13(25-16(20)21)5-4-6-14(15)26-19/h4-6,16H,7-11H2,1-3H3. The van der Waals surface area contributed by atoms with E-state index in [1.165, 1.54) is 12.1 Å². The van der Waals surface area contributed by atoms with Crippen molar-refractivity contribution in [2.24, 2.45) is 0 Å². The molecule has 1 aromatic rings. The number of Topliss-reactive ketones (excluding diaryl/α,β-unsaturated/α-hetero) is 1. The van der Waals surface area contributed by atoms with Crippen molar-refractivity contribution in [3.05, 3.63) is 23.8 Å². The van der Waals surface area contributed by atoms with E-state index in [1.807, 2.05) is 0 Å². The fourth-order valence-corrected chi connectivity index (χ4v) is 3.42. The predicted molar refractivity (Wildman–Crippen MR) is 92.4 cm³/mol. The average molecular weight is 383 g/mol. The lowest BCUT2D eigenvalue weighted by Crippen LogP contribution is -2.53. The van der Waals surface area contributed by atoms with Gasteiger partial charge in [0.05, 0.1) is 6.42 Å². The van der Waals surface area contributed by atoms with Gasteiger partial charge in [0.1, 0.15) is 28.3 Å². The van der Waals surface area contributed by atoms with E-state index in [0.717, 1.165) is 0 Å². The molecular formula is C19H23F2NO5. The summed E-state index contributed by atoms with van der Waals surface area (Å²) in [5.74, 6) is -0.220. The molecule has 1 fully saturated rings. The second-order valence-corrected chi connectivity index (χ2v) is 7.86. The van der Waals surface area contributed by atoms with E-state index < -0.39 is 23.9 Å². The summed E-state index contributed by atoms with van der Waals surface area (Å²) in [6.07, 6.45) is 0.577. The molecule has 0 atom stereocenters. The van der Waals surface area contributed by atoms with Crippen molar-refractivity contribution in [1.29, 1.82) is 0 Å². The molecular weight excluding hydrogens is 360 g/mol. The monoisotopic (exact) mass is 383 g/mol. The summed E-state index contributed by atoms with van der Waals surface area (Å²) < 4.78 is 41.0. The molecule has 148 valence electrons. The lowest BCUT2D eigenvalue weighted by atomic mass is 9.82. The number of amides is 1. The Kier molecular flexibility index (Phi) is 5.01. The zero-order chi connectivity index (χ0) is 19.8. The molecule has 0 unspecified atom stereocenters. The van der Waals surface area contributed by atoms with Gasteiger partial charge in [0.25, 0.3) is 0 Å². The molecule has 1 saturated heterocycles. The van der Waals surface area contributed by atoms with Crippen molar-refractivity contribution in [2.75, 3.05) is 13.1 Å². The molecule has 0 aliphatic carbocycles. The molecule has 1 aromatic carbocycles. The van der Waals surface area contributed by atoms with Gasteiger partial charge in [-0.25, -0.2) is 4.79 Å². The first-order valence-corrected chi connectivity index (χ1v) is 8.87. The summed E-state index contributed by atoms with van der Waals surface area (Å²) in [5, 5.41) is 0. The van der Waals surface area contributed by atoms with Crippen LogP contribution in [0.15, 0.2) is 18.2 Å². The number of carbonyl (C=O) groups is 2. The number of halogens is 2. The van der Waals surface area contributed by atoms with Crippen molar-refractivity contribution in [1.82, 2.24) is 4.90 Å². The van der Waals surface area contributed by atoms with Crippen LogP contribution in [0.2, 0.25) is 0 Å². The number of ketones is 1. The third kappa shape index (κ3) is 4.31. The molecule has 1 amide bonds. The summed E-state index contributed by atoms with van der Waals surface area (Å²) in [5.41, 5.74) is -1.27. The number of rotatable bonds is 2. The Hall–Kier alpha value is -2.38. The fraction of sp³-hybridized carbons (Fsp3) is 0.579. The van der Waals surface area contributed by atoms with Crippen LogP contribution in [0.5, 0.6) is 11.5 Å². The van der Waals surface area contributed by atoms with Crippen LogP contribution in [0.1, 0.15) is 50.4 Å². The highest BCUT2D eigenvalue weighted by Crippen LogP contribution is 2.43. The van der Waals surface area contributed by atoms with Gasteiger partial charge in [-0.3, -0.25) is 4.79 Å². The van der Waals surface area contributed by atoms with Crippen LogP contribution in [0.25, 0.3) is 0 Å². The number of carbonyl (C=O) groups excluding carboxylic acids is 2. The van der Waals surface area contributed by atoms with E-state index in [9.17, 15) is 18.4 Å². The molecule has 2 heterocycles. The molecule has 0 saturated carbocycles. The minimum atomic E-state index is -3.02. The van der Waals surface area contributed by atoms with Crippen molar-refractivity contribution in [2.45, 2.75) is 57.8 Å². The van der Waals surface area contributed by atoms with Crippen LogP contribution in [0.4, 0.5) is 13.6 Å². The topological polar surface area (TPSA) is 65.1 Å². The molecule has 2 aliphatic rings. The summed E-state index contributed by atoms with van der Waals surface area (Å²) in [6.45, 7) is 3.17. The predicted octanol–water partition coefficient (Wildman–Crippen LogP) is 4.02. The number of benzene rings is 1. The fourth-order valence-electron chi connectivity index (χ4n) is 3.42. The molecule has 6 nitrogen and oxygen atoms in total. The highest BCUT2D eigenvalue weighted by molar-refractivity contribution is 6.03. The number of piperidine rings is 1. The maximum Gasteiger partial charge on any atom is 0.410 e. The van der Waals surface area contributed by atoms with E-state index in [2.05, 4.69) is 4.74 Å². The van der Waals surface area contributed by atoms with Gasteiger partial charge in [0, 0.05) is 25.9 Å². The van der Waals surface area contributed by atoms with E-state index in [1.54, 1.807) is 31.7 Å². The van der Waals surface area contributed by atoms with E-state index in [4.69, 9.17) is 9.47 Å². The van der Waals surface area contributed by atoms with Gasteiger partial charge in [0.2, 0.25) is 0 Å². The average Bonchev–Trinajstić information content (AvgIpc) is 2.53. The van der Waals surface area contributed by atoms with Crippen molar-refractivity contribution in [3.63, 3.8) is 0 Å². The van der Waals surface area contributed by atoms with Gasteiger partial charge >= 0.3 is 12.7 Å². The van der Waals surface area contributed by atoms with Crippen LogP contribution in [0, 0.1) is 0 Å². The Bertz CT molecular complexity index is 736. The lowest BCUT2D eigenvalue weighted by molar-refractivity contribution is -0.0514. The number of ether oxygens (including phenoxy) is 3. The molecule has 2 aliphatic heterocycles. The molecule has 3 rings (SSSR count). The normalized spacial score (nSPS) is 18.9.